The molecule has 0 spiro atoms. The molecule has 0 heterocycles. The highest BCUT2D eigenvalue weighted by Crippen LogP contribution is 2.01. The molecule has 0 unspecified atom stereocenters. The van der Waals surface area contributed by atoms with Crippen molar-refractivity contribution in [1.29, 1.82) is 0 Å². The molecule has 0 rings (SSSR count). The lowest BCUT2D eigenvalue weighted by Crippen LogP contribution is -2.55. The van der Waals surface area contributed by atoms with Crippen LogP contribution in [0, 0.1) is 0 Å². The second kappa shape index (κ2) is 7.75. The second-order valence-electron chi connectivity index (χ2n) is 3.46. The molecule has 98 valence electrons. The maximum absolute atomic E-state index is 11.5. The highest BCUT2D eigenvalue weighted by atomic mass is 16.5. The molecule has 0 saturated carbocycles. The van der Waals surface area contributed by atoms with Gasteiger partial charge in [-0.25, -0.2) is 0 Å². The fraction of sp³-hybridized carbons (Fsp3) is 0.700. The third-order valence-electron chi connectivity index (χ3n) is 2.15. The molecular formula is C10H19N3O4. The van der Waals surface area contributed by atoms with Crippen LogP contribution in [0.15, 0.2) is 0 Å². The van der Waals surface area contributed by atoms with Crippen molar-refractivity contribution in [1.82, 2.24) is 16.0 Å². The minimum Gasteiger partial charge on any atom is -0.369 e. The molecule has 0 aromatic carbocycles. The number of rotatable bonds is 7. The normalized spacial score (nSPS) is 13.6. The maximum Gasteiger partial charge on any atom is 0.251 e. The van der Waals surface area contributed by atoms with Gasteiger partial charge in [0.1, 0.15) is 6.04 Å². The van der Waals surface area contributed by atoms with E-state index in [1.807, 2.05) is 0 Å². The molecular weight excluding hydrogens is 226 g/mol. The Morgan fingerprint density at radius 1 is 1.24 bits per heavy atom. The van der Waals surface area contributed by atoms with E-state index in [-0.39, 0.29) is 18.2 Å². The molecule has 0 aromatic rings. The summed E-state index contributed by atoms with van der Waals surface area (Å²) >= 11 is 0. The molecule has 17 heavy (non-hydrogen) atoms. The fourth-order valence-corrected chi connectivity index (χ4v) is 1.31. The van der Waals surface area contributed by atoms with E-state index in [0.717, 1.165) is 0 Å². The Morgan fingerprint density at radius 3 is 2.18 bits per heavy atom. The van der Waals surface area contributed by atoms with E-state index in [0.29, 0.717) is 0 Å². The van der Waals surface area contributed by atoms with Crippen LogP contribution >= 0.6 is 0 Å². The van der Waals surface area contributed by atoms with E-state index in [2.05, 4.69) is 16.0 Å². The lowest BCUT2D eigenvalue weighted by atomic mass is 10.1. The molecule has 2 amide bonds. The first kappa shape index (κ1) is 15.5. The largest absolute Gasteiger partial charge is 0.369 e. The van der Waals surface area contributed by atoms with Crippen molar-refractivity contribution in [2.24, 2.45) is 0 Å². The van der Waals surface area contributed by atoms with E-state index < -0.39 is 18.1 Å². The third kappa shape index (κ3) is 4.92. The van der Waals surface area contributed by atoms with Crippen LogP contribution in [0.3, 0.4) is 0 Å². The zero-order chi connectivity index (χ0) is 13.4. The molecule has 0 aliphatic carbocycles. The van der Waals surface area contributed by atoms with Crippen LogP contribution in [-0.2, 0) is 19.1 Å². The van der Waals surface area contributed by atoms with Gasteiger partial charge in [-0.1, -0.05) is 0 Å². The highest BCUT2D eigenvalue weighted by molar-refractivity contribution is 5.94. The van der Waals surface area contributed by atoms with Crippen molar-refractivity contribution in [2.45, 2.75) is 19.1 Å². The summed E-state index contributed by atoms with van der Waals surface area (Å²) in [6.07, 6.45) is -1.03. The number of likely N-dealkylation sites (N-methyl/N-ethyl adjacent to an activating group) is 2. The van der Waals surface area contributed by atoms with E-state index in [1.165, 1.54) is 21.1 Å². The number of hydrogen-bond donors (Lipinski definition) is 3. The molecule has 0 aliphatic rings. The second-order valence-corrected chi connectivity index (χ2v) is 3.46. The Labute approximate surface area is 100 Å². The van der Waals surface area contributed by atoms with E-state index in [9.17, 15) is 14.4 Å². The summed E-state index contributed by atoms with van der Waals surface area (Å²) in [5, 5.41) is 7.47. The van der Waals surface area contributed by atoms with Crippen LogP contribution in [0.25, 0.3) is 0 Å². The fourth-order valence-electron chi connectivity index (χ4n) is 1.31. The lowest BCUT2D eigenvalue weighted by Gasteiger charge is -2.23. The smallest absolute Gasteiger partial charge is 0.251 e. The van der Waals surface area contributed by atoms with Gasteiger partial charge in [0, 0.05) is 14.2 Å². The van der Waals surface area contributed by atoms with E-state index in [4.69, 9.17) is 4.74 Å². The average molecular weight is 245 g/mol. The van der Waals surface area contributed by atoms with Crippen LogP contribution in [0.4, 0.5) is 0 Å². The molecule has 7 heteroatoms. The molecule has 0 bridgehead atoms. The minimum absolute atomic E-state index is 0.0635. The molecule has 7 nitrogen and oxygen atoms in total. The Balaban J connectivity index is 4.76. The Bertz CT molecular complexity index is 293. The van der Waals surface area contributed by atoms with Gasteiger partial charge in [0.05, 0.1) is 6.54 Å². The van der Waals surface area contributed by atoms with Gasteiger partial charge in [-0.2, -0.15) is 0 Å². The predicted molar refractivity (Wildman–Crippen MR) is 61.4 cm³/mol. The van der Waals surface area contributed by atoms with Crippen molar-refractivity contribution >= 4 is 17.6 Å². The maximum atomic E-state index is 11.5. The van der Waals surface area contributed by atoms with Crippen molar-refractivity contribution in [3.63, 3.8) is 0 Å². The number of nitrogens with one attached hydrogen (secondary N) is 3. The van der Waals surface area contributed by atoms with Gasteiger partial charge in [-0.15, -0.1) is 0 Å². The van der Waals surface area contributed by atoms with E-state index in [1.54, 1.807) is 7.05 Å². The number of ether oxygens (including phenoxy) is 1. The molecule has 3 N–H and O–H groups in total. The molecule has 0 fully saturated rings. The number of hydrogen-bond acceptors (Lipinski definition) is 5. The minimum atomic E-state index is -1.03. The van der Waals surface area contributed by atoms with Crippen LogP contribution in [0.2, 0.25) is 0 Å². The first-order chi connectivity index (χ1) is 7.97. The molecule has 0 aliphatic heterocycles. The quantitative estimate of drug-likeness (QED) is 0.484. The summed E-state index contributed by atoms with van der Waals surface area (Å²) in [7, 11) is 4.34. The topological polar surface area (TPSA) is 96.5 Å². The standard InChI is InChI=1S/C10H19N3O4/c1-6(14)8(13-7(15)5-11-2)9(17-4)10(16)12-3/h8-9,11H,5H2,1-4H3,(H,12,16)(H,13,15)/t8-,9+/m1/s1. The summed E-state index contributed by atoms with van der Waals surface area (Å²) in [5.74, 6) is -1.18. The predicted octanol–water partition coefficient (Wildman–Crippen LogP) is -1.96. The first-order valence-electron chi connectivity index (χ1n) is 5.16. The molecule has 0 radical (unpaired) electrons. The SMILES string of the molecule is CNCC(=O)N[C@H](C(C)=O)[C@H](OC)C(=O)NC. The Hall–Kier alpha value is -1.47. The molecule has 2 atom stereocenters. The summed E-state index contributed by atoms with van der Waals surface area (Å²) in [6.45, 7) is 1.35. The van der Waals surface area contributed by atoms with Crippen LogP contribution in [-0.4, -0.2) is 57.5 Å². The zero-order valence-corrected chi connectivity index (χ0v) is 10.5. The number of carbonyl (C=O) groups excluding carboxylic acids is 3. The van der Waals surface area contributed by atoms with Crippen LogP contribution in [0.1, 0.15) is 6.92 Å². The number of methoxy groups -OCH3 is 1. The van der Waals surface area contributed by atoms with E-state index >= 15 is 0 Å². The average Bonchev–Trinajstić information content (AvgIpc) is 2.28. The Morgan fingerprint density at radius 2 is 1.82 bits per heavy atom. The van der Waals surface area contributed by atoms with Crippen molar-refractivity contribution in [3.05, 3.63) is 0 Å². The van der Waals surface area contributed by atoms with Crippen molar-refractivity contribution < 1.29 is 19.1 Å². The van der Waals surface area contributed by atoms with Gasteiger partial charge in [0.2, 0.25) is 5.91 Å². The molecule has 0 aromatic heterocycles. The Kier molecular flexibility index (Phi) is 7.08. The number of carbonyl (C=O) groups is 3. The van der Waals surface area contributed by atoms with Gasteiger partial charge < -0.3 is 20.7 Å². The summed E-state index contributed by atoms with van der Waals surface area (Å²) in [4.78, 5) is 34.3. The zero-order valence-electron chi connectivity index (χ0n) is 10.5. The third-order valence-corrected chi connectivity index (χ3v) is 2.15. The number of Topliss-reactive ketones (excluding diaryl/α,β-unsaturated/α-hetero) is 1. The number of ketones is 1. The lowest BCUT2D eigenvalue weighted by molar-refractivity contribution is -0.139. The van der Waals surface area contributed by atoms with Crippen molar-refractivity contribution in [3.8, 4) is 0 Å². The van der Waals surface area contributed by atoms with Crippen LogP contribution in [0.5, 0.6) is 0 Å². The summed E-state index contributed by atoms with van der Waals surface area (Å²) in [6, 6.07) is -0.985. The van der Waals surface area contributed by atoms with Crippen molar-refractivity contribution in [2.75, 3.05) is 27.7 Å². The van der Waals surface area contributed by atoms with Crippen LogP contribution < -0.4 is 16.0 Å². The summed E-state index contributed by atoms with van der Waals surface area (Å²) < 4.78 is 4.94. The van der Waals surface area contributed by atoms with Gasteiger partial charge in [0.15, 0.2) is 11.9 Å². The van der Waals surface area contributed by atoms with Gasteiger partial charge in [0.25, 0.3) is 5.91 Å². The molecule has 0 saturated heterocycles. The van der Waals surface area contributed by atoms with Gasteiger partial charge in [-0.3, -0.25) is 14.4 Å². The van der Waals surface area contributed by atoms with Gasteiger partial charge >= 0.3 is 0 Å². The highest BCUT2D eigenvalue weighted by Gasteiger charge is 2.32. The monoisotopic (exact) mass is 245 g/mol. The first-order valence-corrected chi connectivity index (χ1v) is 5.16. The summed E-state index contributed by atoms with van der Waals surface area (Å²) in [5.41, 5.74) is 0. The number of amides is 2. The van der Waals surface area contributed by atoms with Gasteiger partial charge in [-0.05, 0) is 14.0 Å².